The summed E-state index contributed by atoms with van der Waals surface area (Å²) in [5, 5.41) is 3.54. The van der Waals surface area contributed by atoms with Crippen LogP contribution in [0.3, 0.4) is 0 Å². The molecule has 3 N–H and O–H groups in total. The molecule has 2 rings (SSSR count). The molecule has 116 valence electrons. The van der Waals surface area contributed by atoms with Crippen molar-refractivity contribution in [3.05, 3.63) is 34.9 Å². The minimum absolute atomic E-state index is 0.357. The van der Waals surface area contributed by atoms with Gasteiger partial charge in [-0.25, -0.2) is 0 Å². The monoisotopic (exact) mass is 288 g/mol. The summed E-state index contributed by atoms with van der Waals surface area (Å²) in [5.74, 6) is 1.45. The number of amides is 1. The van der Waals surface area contributed by atoms with E-state index in [0.717, 1.165) is 30.5 Å². The molecule has 3 nitrogen and oxygen atoms in total. The van der Waals surface area contributed by atoms with Crippen molar-refractivity contribution >= 4 is 5.91 Å². The normalized spacial score (nSPS) is 22.2. The van der Waals surface area contributed by atoms with E-state index in [0.29, 0.717) is 5.56 Å². The molecule has 1 aromatic rings. The van der Waals surface area contributed by atoms with Crippen molar-refractivity contribution in [3.8, 4) is 0 Å². The molecule has 3 heteroatoms. The second-order valence-electron chi connectivity index (χ2n) is 6.61. The topological polar surface area (TPSA) is 55.1 Å². The number of benzene rings is 1. The predicted molar refractivity (Wildman–Crippen MR) is 87.1 cm³/mol. The van der Waals surface area contributed by atoms with Crippen LogP contribution in [-0.4, -0.2) is 12.5 Å². The highest BCUT2D eigenvalue weighted by Crippen LogP contribution is 2.30. The summed E-state index contributed by atoms with van der Waals surface area (Å²) in [6.07, 6.45) is 6.89. The van der Waals surface area contributed by atoms with Crippen LogP contribution in [0.4, 0.5) is 0 Å². The summed E-state index contributed by atoms with van der Waals surface area (Å²) in [6.45, 7) is 6.36. The van der Waals surface area contributed by atoms with E-state index < -0.39 is 0 Å². The first kappa shape index (κ1) is 16.0. The van der Waals surface area contributed by atoms with Crippen molar-refractivity contribution in [2.45, 2.75) is 52.5 Å². The van der Waals surface area contributed by atoms with Crippen LogP contribution < -0.4 is 11.1 Å². The molecule has 2 atom stereocenters. The van der Waals surface area contributed by atoms with Crippen LogP contribution in [0, 0.1) is 18.8 Å². The molecule has 0 heterocycles. The van der Waals surface area contributed by atoms with Crippen LogP contribution in [0.15, 0.2) is 18.2 Å². The van der Waals surface area contributed by atoms with Crippen molar-refractivity contribution in [3.63, 3.8) is 0 Å². The van der Waals surface area contributed by atoms with Gasteiger partial charge < -0.3 is 11.1 Å². The van der Waals surface area contributed by atoms with E-state index in [2.05, 4.69) is 12.2 Å². The van der Waals surface area contributed by atoms with Gasteiger partial charge >= 0.3 is 0 Å². The third-order valence-electron chi connectivity index (χ3n) is 4.72. The number of aryl methyl sites for hydroxylation is 1. The number of hydrogen-bond acceptors (Lipinski definition) is 2. The van der Waals surface area contributed by atoms with Crippen LogP contribution in [0.5, 0.6) is 0 Å². The molecule has 21 heavy (non-hydrogen) atoms. The first-order valence-electron chi connectivity index (χ1n) is 8.16. The van der Waals surface area contributed by atoms with E-state index in [-0.39, 0.29) is 5.91 Å². The molecular weight excluding hydrogens is 260 g/mol. The average molecular weight is 288 g/mol. The quantitative estimate of drug-likeness (QED) is 0.788. The Balaban J connectivity index is 1.74. The van der Waals surface area contributed by atoms with E-state index in [4.69, 9.17) is 5.73 Å². The minimum Gasteiger partial charge on any atom is -0.366 e. The molecule has 0 radical (unpaired) electrons. The molecular formula is C18H28N2O. The van der Waals surface area contributed by atoms with Gasteiger partial charge in [-0.15, -0.1) is 0 Å². The Bertz CT molecular complexity index is 484. The SMILES string of the molecule is Cc1cc(C(N)=O)ccc1CNCCC1CCCC(C)C1. The van der Waals surface area contributed by atoms with Crippen molar-refractivity contribution in [1.82, 2.24) is 5.32 Å². The number of carbonyl (C=O) groups is 1. The maximum absolute atomic E-state index is 11.1. The fourth-order valence-electron chi connectivity index (χ4n) is 3.40. The Hall–Kier alpha value is -1.35. The Morgan fingerprint density at radius 3 is 2.86 bits per heavy atom. The zero-order valence-corrected chi connectivity index (χ0v) is 13.3. The molecule has 0 bridgehead atoms. The fourth-order valence-corrected chi connectivity index (χ4v) is 3.40. The van der Waals surface area contributed by atoms with Crippen LogP contribution in [0.1, 0.15) is 60.5 Å². The molecule has 1 aliphatic carbocycles. The largest absolute Gasteiger partial charge is 0.366 e. The average Bonchev–Trinajstić information content (AvgIpc) is 2.45. The van der Waals surface area contributed by atoms with Gasteiger partial charge in [0.1, 0.15) is 0 Å². The predicted octanol–water partition coefficient (Wildman–Crippen LogP) is 3.40. The van der Waals surface area contributed by atoms with E-state index in [1.54, 1.807) is 0 Å². The molecule has 2 unspecified atom stereocenters. The second-order valence-corrected chi connectivity index (χ2v) is 6.61. The summed E-state index contributed by atoms with van der Waals surface area (Å²) in [7, 11) is 0. The number of hydrogen-bond donors (Lipinski definition) is 2. The fraction of sp³-hybridized carbons (Fsp3) is 0.611. The first-order valence-corrected chi connectivity index (χ1v) is 8.16. The van der Waals surface area contributed by atoms with Crippen LogP contribution in [0.2, 0.25) is 0 Å². The number of nitrogens with one attached hydrogen (secondary N) is 1. The van der Waals surface area contributed by atoms with E-state index >= 15 is 0 Å². The lowest BCUT2D eigenvalue weighted by Gasteiger charge is -2.26. The molecule has 1 fully saturated rings. The number of nitrogens with two attached hydrogens (primary N) is 1. The van der Waals surface area contributed by atoms with E-state index in [9.17, 15) is 4.79 Å². The van der Waals surface area contributed by atoms with Crippen LogP contribution in [0.25, 0.3) is 0 Å². The van der Waals surface area contributed by atoms with Gasteiger partial charge in [0.05, 0.1) is 0 Å². The minimum atomic E-state index is -0.357. The molecule has 1 aliphatic rings. The van der Waals surface area contributed by atoms with Crippen LogP contribution >= 0.6 is 0 Å². The third-order valence-corrected chi connectivity index (χ3v) is 4.72. The number of rotatable bonds is 6. The zero-order chi connectivity index (χ0) is 15.2. The van der Waals surface area contributed by atoms with Crippen molar-refractivity contribution in [2.75, 3.05) is 6.54 Å². The maximum atomic E-state index is 11.1. The highest BCUT2D eigenvalue weighted by atomic mass is 16.1. The smallest absolute Gasteiger partial charge is 0.248 e. The molecule has 1 saturated carbocycles. The van der Waals surface area contributed by atoms with Gasteiger partial charge in [-0.1, -0.05) is 32.3 Å². The summed E-state index contributed by atoms with van der Waals surface area (Å²) in [6, 6.07) is 5.70. The highest BCUT2D eigenvalue weighted by molar-refractivity contribution is 5.93. The van der Waals surface area contributed by atoms with Crippen molar-refractivity contribution in [2.24, 2.45) is 17.6 Å². The van der Waals surface area contributed by atoms with Crippen molar-refractivity contribution in [1.29, 1.82) is 0 Å². The Morgan fingerprint density at radius 1 is 1.38 bits per heavy atom. The molecule has 1 amide bonds. The van der Waals surface area contributed by atoms with E-state index in [1.165, 1.54) is 37.7 Å². The maximum Gasteiger partial charge on any atom is 0.248 e. The lowest BCUT2D eigenvalue weighted by atomic mass is 9.81. The van der Waals surface area contributed by atoms with Gasteiger partial charge in [0.25, 0.3) is 0 Å². The highest BCUT2D eigenvalue weighted by Gasteiger charge is 2.18. The molecule has 0 spiro atoms. The lowest BCUT2D eigenvalue weighted by molar-refractivity contribution is 0.1000. The lowest BCUT2D eigenvalue weighted by Crippen LogP contribution is -2.21. The summed E-state index contributed by atoms with van der Waals surface area (Å²) in [4.78, 5) is 11.1. The Kier molecular flexibility index (Phi) is 5.80. The molecule has 0 saturated heterocycles. The summed E-state index contributed by atoms with van der Waals surface area (Å²) in [5.41, 5.74) is 8.26. The van der Waals surface area contributed by atoms with Gasteiger partial charge in [0.2, 0.25) is 5.91 Å². The zero-order valence-electron chi connectivity index (χ0n) is 13.3. The Morgan fingerprint density at radius 2 is 2.19 bits per heavy atom. The van der Waals surface area contributed by atoms with Gasteiger partial charge in [0.15, 0.2) is 0 Å². The molecule has 0 aromatic heterocycles. The van der Waals surface area contributed by atoms with Crippen molar-refractivity contribution < 1.29 is 4.79 Å². The summed E-state index contributed by atoms with van der Waals surface area (Å²) >= 11 is 0. The third kappa shape index (κ3) is 4.85. The number of primary amides is 1. The van der Waals surface area contributed by atoms with Gasteiger partial charge in [0, 0.05) is 12.1 Å². The van der Waals surface area contributed by atoms with Gasteiger partial charge in [-0.2, -0.15) is 0 Å². The van der Waals surface area contributed by atoms with E-state index in [1.807, 2.05) is 25.1 Å². The Labute approximate surface area is 128 Å². The first-order chi connectivity index (χ1) is 10.1. The standard InChI is InChI=1S/C18H28N2O/c1-13-4-3-5-15(10-13)8-9-20-12-17-7-6-16(18(19)21)11-14(17)2/h6-7,11,13,15,20H,3-5,8-10,12H2,1-2H3,(H2,19,21). The van der Waals surface area contributed by atoms with Gasteiger partial charge in [-0.05, 0) is 61.4 Å². The molecule has 0 aliphatic heterocycles. The summed E-state index contributed by atoms with van der Waals surface area (Å²) < 4.78 is 0. The molecule has 1 aromatic carbocycles. The second kappa shape index (κ2) is 7.60. The number of carbonyl (C=O) groups excluding carboxylic acids is 1. The van der Waals surface area contributed by atoms with Crippen LogP contribution in [-0.2, 0) is 6.54 Å². The van der Waals surface area contributed by atoms with Gasteiger partial charge in [-0.3, -0.25) is 4.79 Å².